The Kier molecular flexibility index (Phi) is 5.87. The number of nitrogens with one attached hydrogen (secondary N) is 1. The minimum absolute atomic E-state index is 0.0268. The van der Waals surface area contributed by atoms with Gasteiger partial charge in [-0.25, -0.2) is 0 Å². The maximum Gasteiger partial charge on any atom is 0.243 e. The molecule has 29 heavy (non-hydrogen) atoms. The van der Waals surface area contributed by atoms with Crippen molar-refractivity contribution in [3.8, 4) is 11.5 Å². The third kappa shape index (κ3) is 4.81. The number of amides is 1. The van der Waals surface area contributed by atoms with E-state index >= 15 is 0 Å². The minimum Gasteiger partial charge on any atom is -0.497 e. The zero-order valence-corrected chi connectivity index (χ0v) is 16.9. The molecular weight excluding hydrogens is 370 g/mol. The Morgan fingerprint density at radius 3 is 2.34 bits per heavy atom. The summed E-state index contributed by atoms with van der Waals surface area (Å²) in [6.07, 6.45) is 0. The first-order chi connectivity index (χ1) is 14.2. The fraction of sp³-hybridized carbons (Fsp3) is 0.409. The number of anilines is 2. The molecule has 2 saturated heterocycles. The van der Waals surface area contributed by atoms with Crippen LogP contribution in [0.5, 0.6) is 11.5 Å². The lowest BCUT2D eigenvalue weighted by Crippen LogP contribution is -2.36. The quantitative estimate of drug-likeness (QED) is 0.724. The lowest BCUT2D eigenvalue weighted by atomic mass is 10.2. The summed E-state index contributed by atoms with van der Waals surface area (Å²) < 4.78 is 16.0. The zero-order valence-electron chi connectivity index (χ0n) is 16.9. The van der Waals surface area contributed by atoms with Crippen LogP contribution in [0.15, 0.2) is 42.5 Å². The molecule has 7 heteroatoms. The summed E-state index contributed by atoms with van der Waals surface area (Å²) in [5.74, 6) is 1.53. The third-order valence-corrected chi connectivity index (χ3v) is 5.33. The molecule has 2 atom stereocenters. The highest BCUT2D eigenvalue weighted by Crippen LogP contribution is 2.28. The van der Waals surface area contributed by atoms with Gasteiger partial charge >= 0.3 is 0 Å². The van der Waals surface area contributed by atoms with Crippen LogP contribution >= 0.6 is 0 Å². The Labute approximate surface area is 171 Å². The molecule has 2 aromatic carbocycles. The molecule has 1 amide bonds. The molecule has 1 N–H and O–H groups in total. The maximum absolute atomic E-state index is 12.6. The summed E-state index contributed by atoms with van der Waals surface area (Å²) in [6.45, 7) is 4.75. The van der Waals surface area contributed by atoms with Gasteiger partial charge in [-0.2, -0.15) is 0 Å². The highest BCUT2D eigenvalue weighted by molar-refractivity contribution is 5.96. The molecule has 2 aliphatic heterocycles. The van der Waals surface area contributed by atoms with Gasteiger partial charge in [0.05, 0.1) is 27.4 Å². The van der Waals surface area contributed by atoms with Crippen LogP contribution in [-0.4, -0.2) is 63.9 Å². The molecule has 2 fully saturated rings. The van der Waals surface area contributed by atoms with Gasteiger partial charge in [0.25, 0.3) is 0 Å². The first-order valence-electron chi connectivity index (χ1n) is 9.86. The average Bonchev–Trinajstić information content (AvgIpc) is 3.53. The Morgan fingerprint density at radius 1 is 1.07 bits per heavy atom. The van der Waals surface area contributed by atoms with E-state index in [1.165, 1.54) is 0 Å². The number of morpholine rings is 1. The van der Waals surface area contributed by atoms with Gasteiger partial charge in [0.15, 0.2) is 0 Å². The summed E-state index contributed by atoms with van der Waals surface area (Å²) >= 11 is 0. The lowest BCUT2D eigenvalue weighted by molar-refractivity contribution is -0.116. The van der Waals surface area contributed by atoms with Crippen molar-refractivity contribution >= 4 is 17.3 Å². The number of methoxy groups -OCH3 is 2. The first-order valence-corrected chi connectivity index (χ1v) is 9.86. The van der Waals surface area contributed by atoms with Crippen LogP contribution in [0, 0.1) is 0 Å². The molecular formula is C22H27N3O4. The van der Waals surface area contributed by atoms with Crippen molar-refractivity contribution in [2.75, 3.05) is 57.3 Å². The molecule has 0 aliphatic carbocycles. The van der Waals surface area contributed by atoms with Crippen molar-refractivity contribution in [3.05, 3.63) is 48.0 Å². The van der Waals surface area contributed by atoms with Gasteiger partial charge in [0.1, 0.15) is 17.5 Å². The van der Waals surface area contributed by atoms with E-state index in [0.717, 1.165) is 61.3 Å². The molecule has 0 spiro atoms. The average molecular weight is 397 g/mol. The standard InChI is InChI=1S/C22H27N3O4/c1-27-19-11-16(12-20(13-19)28-2)14-25-15-21(25)22(26)23-17-3-5-18(6-4-17)24-7-9-29-10-8-24/h3-6,11-13,21H,7-10,14-15H2,1-2H3,(H,23,26). The monoisotopic (exact) mass is 397 g/mol. The molecule has 2 heterocycles. The summed E-state index contributed by atoms with van der Waals surface area (Å²) in [5, 5.41) is 3.02. The molecule has 2 aliphatic rings. The number of benzene rings is 2. The molecule has 4 rings (SSSR count). The molecule has 2 aromatic rings. The van der Waals surface area contributed by atoms with Crippen LogP contribution in [0.1, 0.15) is 5.56 Å². The summed E-state index contributed by atoms with van der Waals surface area (Å²) in [4.78, 5) is 17.0. The van der Waals surface area contributed by atoms with Gasteiger partial charge in [0.2, 0.25) is 5.91 Å². The first kappa shape index (κ1) is 19.5. The fourth-order valence-corrected chi connectivity index (χ4v) is 3.59. The molecule has 2 unspecified atom stereocenters. The van der Waals surface area contributed by atoms with E-state index in [4.69, 9.17) is 14.2 Å². The van der Waals surface area contributed by atoms with Gasteiger partial charge in [0, 0.05) is 43.6 Å². The van der Waals surface area contributed by atoms with Crippen molar-refractivity contribution in [1.29, 1.82) is 0 Å². The summed E-state index contributed by atoms with van der Waals surface area (Å²) in [5.41, 5.74) is 3.04. The van der Waals surface area contributed by atoms with Crippen LogP contribution in [0.2, 0.25) is 0 Å². The van der Waals surface area contributed by atoms with Gasteiger partial charge in [-0.15, -0.1) is 0 Å². The highest BCUT2D eigenvalue weighted by atomic mass is 16.5. The van der Waals surface area contributed by atoms with Crippen LogP contribution in [0.4, 0.5) is 11.4 Å². The zero-order chi connectivity index (χ0) is 20.2. The number of nitrogens with zero attached hydrogens (tertiary/aromatic N) is 2. The van der Waals surface area contributed by atoms with Crippen molar-refractivity contribution in [3.63, 3.8) is 0 Å². The Balaban J connectivity index is 1.31. The molecule has 0 bridgehead atoms. The number of rotatable bonds is 7. The Morgan fingerprint density at radius 2 is 1.72 bits per heavy atom. The fourth-order valence-electron chi connectivity index (χ4n) is 3.59. The number of hydrogen-bond acceptors (Lipinski definition) is 6. The van der Waals surface area contributed by atoms with E-state index in [9.17, 15) is 4.79 Å². The predicted molar refractivity (Wildman–Crippen MR) is 112 cm³/mol. The lowest BCUT2D eigenvalue weighted by Gasteiger charge is -2.28. The number of carbonyl (C=O) groups is 1. The molecule has 0 radical (unpaired) electrons. The van der Waals surface area contributed by atoms with Gasteiger partial charge < -0.3 is 24.4 Å². The highest BCUT2D eigenvalue weighted by Gasteiger charge is 2.40. The molecule has 0 saturated carbocycles. The van der Waals surface area contributed by atoms with Crippen LogP contribution < -0.4 is 19.7 Å². The van der Waals surface area contributed by atoms with Gasteiger partial charge in [-0.05, 0) is 42.0 Å². The minimum atomic E-state index is -0.105. The number of hydrogen-bond donors (Lipinski definition) is 1. The summed E-state index contributed by atoms with van der Waals surface area (Å²) in [7, 11) is 3.27. The van der Waals surface area contributed by atoms with Crippen molar-refractivity contribution in [2.24, 2.45) is 0 Å². The number of carbonyl (C=O) groups excluding carboxylic acids is 1. The van der Waals surface area contributed by atoms with Crippen LogP contribution in [0.25, 0.3) is 0 Å². The van der Waals surface area contributed by atoms with Gasteiger partial charge in [-0.3, -0.25) is 9.69 Å². The van der Waals surface area contributed by atoms with E-state index in [2.05, 4.69) is 15.1 Å². The smallest absolute Gasteiger partial charge is 0.243 e. The topological polar surface area (TPSA) is 63.0 Å². The van der Waals surface area contributed by atoms with Crippen molar-refractivity contribution in [2.45, 2.75) is 12.6 Å². The second-order valence-corrected chi connectivity index (χ2v) is 7.30. The van der Waals surface area contributed by atoms with E-state index in [0.29, 0.717) is 6.54 Å². The van der Waals surface area contributed by atoms with E-state index < -0.39 is 0 Å². The predicted octanol–water partition coefficient (Wildman–Crippen LogP) is 2.36. The second-order valence-electron chi connectivity index (χ2n) is 7.30. The second kappa shape index (κ2) is 8.71. The largest absolute Gasteiger partial charge is 0.497 e. The van der Waals surface area contributed by atoms with E-state index in [-0.39, 0.29) is 11.9 Å². The van der Waals surface area contributed by atoms with Crippen molar-refractivity contribution in [1.82, 2.24) is 4.90 Å². The van der Waals surface area contributed by atoms with Crippen LogP contribution in [0.3, 0.4) is 0 Å². The van der Waals surface area contributed by atoms with E-state index in [1.807, 2.05) is 42.5 Å². The van der Waals surface area contributed by atoms with Crippen molar-refractivity contribution < 1.29 is 19.0 Å². The molecule has 154 valence electrons. The molecule has 7 nitrogen and oxygen atoms in total. The summed E-state index contributed by atoms with van der Waals surface area (Å²) in [6, 6.07) is 13.7. The molecule has 0 aromatic heterocycles. The van der Waals surface area contributed by atoms with Gasteiger partial charge in [-0.1, -0.05) is 0 Å². The normalized spacial score (nSPS) is 20.8. The Bertz CT molecular complexity index is 827. The third-order valence-electron chi connectivity index (χ3n) is 5.33. The van der Waals surface area contributed by atoms with Crippen LogP contribution in [-0.2, 0) is 16.1 Å². The Hall–Kier alpha value is -2.77. The maximum atomic E-state index is 12.6. The van der Waals surface area contributed by atoms with E-state index in [1.54, 1.807) is 14.2 Å². The SMILES string of the molecule is COc1cc(CN2CC2C(=O)Nc2ccc(N3CCOCC3)cc2)cc(OC)c1. The number of ether oxygens (including phenoxy) is 3.